The predicted molar refractivity (Wildman–Crippen MR) is 126 cm³/mol. The Bertz CT molecular complexity index is 1200. The first-order valence-electron chi connectivity index (χ1n) is 10.9. The van der Waals surface area contributed by atoms with Crippen LogP contribution in [0.2, 0.25) is 5.02 Å². The van der Waals surface area contributed by atoms with E-state index in [0.29, 0.717) is 48.1 Å². The van der Waals surface area contributed by atoms with Gasteiger partial charge in [-0.15, -0.1) is 5.10 Å². The fourth-order valence-electron chi connectivity index (χ4n) is 3.87. The lowest BCUT2D eigenvalue weighted by molar-refractivity contribution is 0.0937. The van der Waals surface area contributed by atoms with Gasteiger partial charge in [-0.3, -0.25) is 10.1 Å². The molecule has 1 fully saturated rings. The van der Waals surface area contributed by atoms with Gasteiger partial charge in [0.1, 0.15) is 11.6 Å². The number of carbonyl (C=O) groups excluding carboxylic acids is 2. The number of anilines is 2. The fourth-order valence-corrected chi connectivity index (χ4v) is 4.11. The summed E-state index contributed by atoms with van der Waals surface area (Å²) >= 11 is 6.12. The molecule has 174 valence electrons. The van der Waals surface area contributed by atoms with Crippen LogP contribution in [0.25, 0.3) is 5.65 Å². The molecule has 0 bridgehead atoms. The molecule has 2 aromatic heterocycles. The van der Waals surface area contributed by atoms with E-state index in [9.17, 15) is 14.7 Å². The van der Waals surface area contributed by atoms with E-state index >= 15 is 0 Å². The van der Waals surface area contributed by atoms with Crippen molar-refractivity contribution in [2.24, 2.45) is 0 Å². The second kappa shape index (κ2) is 9.53. The van der Waals surface area contributed by atoms with Gasteiger partial charge in [0.15, 0.2) is 11.5 Å². The van der Waals surface area contributed by atoms with Crippen molar-refractivity contribution in [3.8, 4) is 5.75 Å². The highest BCUT2D eigenvalue weighted by atomic mass is 35.5. The van der Waals surface area contributed by atoms with Crippen LogP contribution >= 0.6 is 11.6 Å². The van der Waals surface area contributed by atoms with E-state index in [1.165, 1.54) is 6.07 Å². The summed E-state index contributed by atoms with van der Waals surface area (Å²) < 4.78 is 1.61. The summed E-state index contributed by atoms with van der Waals surface area (Å²) in [5.74, 6) is 0.763. The summed E-state index contributed by atoms with van der Waals surface area (Å²) in [7, 11) is 0. The zero-order valence-corrected chi connectivity index (χ0v) is 19.2. The number of carbonyl (C=O) groups is 2. The van der Waals surface area contributed by atoms with Crippen LogP contribution in [0.15, 0.2) is 30.5 Å². The second-order valence-corrected chi connectivity index (χ2v) is 8.26. The third-order valence-electron chi connectivity index (χ3n) is 5.51. The van der Waals surface area contributed by atoms with E-state index in [1.807, 2.05) is 26.0 Å². The molecule has 1 atom stereocenters. The highest BCUT2D eigenvalue weighted by Gasteiger charge is 2.27. The minimum Gasteiger partial charge on any atom is -0.507 e. The molecule has 0 radical (unpaired) electrons. The minimum absolute atomic E-state index is 0.0292. The zero-order chi connectivity index (χ0) is 23.5. The molecule has 33 heavy (non-hydrogen) atoms. The molecule has 1 aliphatic heterocycles. The van der Waals surface area contributed by atoms with Gasteiger partial charge in [-0.05, 0) is 49.6 Å². The molecule has 10 nitrogen and oxygen atoms in total. The molecule has 3 amide bonds. The minimum atomic E-state index is -0.351. The highest BCUT2D eigenvalue weighted by molar-refractivity contribution is 6.31. The summed E-state index contributed by atoms with van der Waals surface area (Å²) in [6.45, 7) is 5.54. The van der Waals surface area contributed by atoms with Crippen LogP contribution in [0.4, 0.5) is 16.4 Å². The molecule has 0 aliphatic carbocycles. The number of benzene rings is 1. The third-order valence-corrected chi connectivity index (χ3v) is 5.73. The van der Waals surface area contributed by atoms with E-state index in [1.54, 1.807) is 16.8 Å². The number of hydrogen-bond acceptors (Lipinski definition) is 6. The molecule has 0 spiro atoms. The number of hydrogen-bond donors (Lipinski definition) is 4. The third kappa shape index (κ3) is 4.95. The van der Waals surface area contributed by atoms with Crippen LogP contribution < -0.4 is 20.9 Å². The average molecular weight is 472 g/mol. The number of phenols is 1. The maximum atomic E-state index is 12.8. The van der Waals surface area contributed by atoms with Crippen LogP contribution in [0, 0.1) is 0 Å². The number of fused-ring (bicyclic) bond motifs is 1. The molecular weight excluding hydrogens is 446 g/mol. The van der Waals surface area contributed by atoms with Crippen molar-refractivity contribution < 1.29 is 14.7 Å². The Morgan fingerprint density at radius 2 is 2.09 bits per heavy atom. The van der Waals surface area contributed by atoms with Gasteiger partial charge in [0.25, 0.3) is 5.91 Å². The maximum Gasteiger partial charge on any atom is 0.320 e. The predicted octanol–water partition coefficient (Wildman–Crippen LogP) is 2.80. The lowest BCUT2D eigenvalue weighted by Gasteiger charge is -2.18. The quantitative estimate of drug-likeness (QED) is 0.438. The van der Waals surface area contributed by atoms with Crippen molar-refractivity contribution in [2.75, 3.05) is 29.9 Å². The normalized spacial score (nSPS) is 15.6. The first kappa shape index (κ1) is 22.7. The van der Waals surface area contributed by atoms with Crippen LogP contribution in [0.5, 0.6) is 5.75 Å². The molecule has 0 unspecified atom stereocenters. The van der Waals surface area contributed by atoms with Gasteiger partial charge in [0.2, 0.25) is 0 Å². The standard InChI is InChI=1S/C22H26ClN7O3/c1-3-13-9-14(23)10-16(20(13)31)21(32)25-15-7-8-29(11-15)19-6-5-18-26-17(12-30(18)28-19)27-22(33)24-4-2/h5-6,9-10,12,15,31H,3-4,7-8,11H2,1-2H3,(H,25,32)(H2,24,27,33)/t15-/m0/s1. The molecule has 1 saturated heterocycles. The topological polar surface area (TPSA) is 124 Å². The van der Waals surface area contributed by atoms with E-state index in [2.05, 4.69) is 30.9 Å². The van der Waals surface area contributed by atoms with Crippen molar-refractivity contribution in [2.45, 2.75) is 32.7 Å². The van der Waals surface area contributed by atoms with Crippen LogP contribution in [0.1, 0.15) is 36.2 Å². The fraction of sp³-hybridized carbons (Fsp3) is 0.364. The van der Waals surface area contributed by atoms with E-state index in [-0.39, 0.29) is 29.3 Å². The van der Waals surface area contributed by atoms with Gasteiger partial charge in [0, 0.05) is 30.7 Å². The SMILES string of the molecule is CCNC(=O)Nc1cn2nc(N3CC[C@H](NC(=O)c4cc(Cl)cc(CC)c4O)C3)ccc2n1. The lowest BCUT2D eigenvalue weighted by Crippen LogP contribution is -2.37. The van der Waals surface area contributed by atoms with Gasteiger partial charge < -0.3 is 20.6 Å². The Hall–Kier alpha value is -3.53. The van der Waals surface area contributed by atoms with Crippen LogP contribution in [0.3, 0.4) is 0 Å². The number of amides is 3. The number of aryl methyl sites for hydroxylation is 1. The number of urea groups is 1. The van der Waals surface area contributed by atoms with E-state index in [4.69, 9.17) is 11.6 Å². The number of phenolic OH excluding ortho intramolecular Hbond substituents is 1. The molecular formula is C22H26ClN7O3. The van der Waals surface area contributed by atoms with Crippen molar-refractivity contribution in [3.05, 3.63) is 46.6 Å². The summed E-state index contributed by atoms with van der Waals surface area (Å²) in [5, 5.41) is 23.7. The number of aromatic nitrogens is 3. The molecule has 11 heteroatoms. The summed E-state index contributed by atoms with van der Waals surface area (Å²) in [4.78, 5) is 30.9. The Morgan fingerprint density at radius 3 is 2.85 bits per heavy atom. The lowest BCUT2D eigenvalue weighted by atomic mass is 10.1. The van der Waals surface area contributed by atoms with Gasteiger partial charge >= 0.3 is 6.03 Å². The van der Waals surface area contributed by atoms with Crippen molar-refractivity contribution >= 4 is 40.8 Å². The van der Waals surface area contributed by atoms with Gasteiger partial charge in [-0.25, -0.2) is 14.3 Å². The monoisotopic (exact) mass is 471 g/mol. The van der Waals surface area contributed by atoms with Crippen LogP contribution in [-0.2, 0) is 6.42 Å². The Labute approximate surface area is 195 Å². The van der Waals surface area contributed by atoms with E-state index < -0.39 is 0 Å². The summed E-state index contributed by atoms with van der Waals surface area (Å²) in [6, 6.07) is 6.41. The average Bonchev–Trinajstić information content (AvgIpc) is 3.40. The van der Waals surface area contributed by atoms with Crippen LogP contribution in [-0.4, -0.2) is 57.3 Å². The summed E-state index contributed by atoms with van der Waals surface area (Å²) in [6.07, 6.45) is 2.96. The first-order valence-corrected chi connectivity index (χ1v) is 11.2. The highest BCUT2D eigenvalue weighted by Crippen LogP contribution is 2.28. The van der Waals surface area contributed by atoms with Crippen molar-refractivity contribution in [1.82, 2.24) is 25.2 Å². The Morgan fingerprint density at radius 1 is 1.27 bits per heavy atom. The summed E-state index contributed by atoms with van der Waals surface area (Å²) in [5.41, 5.74) is 1.43. The molecule has 1 aliphatic rings. The Kier molecular flexibility index (Phi) is 6.55. The second-order valence-electron chi connectivity index (χ2n) is 7.82. The smallest absolute Gasteiger partial charge is 0.320 e. The number of nitrogens with zero attached hydrogens (tertiary/aromatic N) is 4. The number of halogens is 1. The number of nitrogens with one attached hydrogen (secondary N) is 3. The largest absolute Gasteiger partial charge is 0.507 e. The molecule has 4 N–H and O–H groups in total. The molecule has 3 heterocycles. The maximum absolute atomic E-state index is 12.8. The zero-order valence-electron chi connectivity index (χ0n) is 18.4. The van der Waals surface area contributed by atoms with Crippen molar-refractivity contribution in [1.29, 1.82) is 0 Å². The number of aromatic hydroxyl groups is 1. The molecule has 1 aromatic carbocycles. The first-order chi connectivity index (χ1) is 15.9. The number of rotatable bonds is 6. The van der Waals surface area contributed by atoms with E-state index in [0.717, 1.165) is 12.2 Å². The van der Waals surface area contributed by atoms with Gasteiger partial charge in [0.05, 0.1) is 11.8 Å². The molecule has 4 rings (SSSR count). The number of imidazole rings is 1. The Balaban J connectivity index is 1.43. The molecule has 0 saturated carbocycles. The van der Waals surface area contributed by atoms with Gasteiger partial charge in [-0.2, -0.15) is 0 Å². The van der Waals surface area contributed by atoms with Gasteiger partial charge in [-0.1, -0.05) is 18.5 Å². The van der Waals surface area contributed by atoms with Crippen molar-refractivity contribution in [3.63, 3.8) is 0 Å². The molecule has 3 aromatic rings.